The molecule has 0 bridgehead atoms. The van der Waals surface area contributed by atoms with Crippen LogP contribution < -0.4 is 10.1 Å². The summed E-state index contributed by atoms with van der Waals surface area (Å²) in [6.07, 6.45) is 0.435. The van der Waals surface area contributed by atoms with Gasteiger partial charge in [-0.2, -0.15) is 0 Å². The van der Waals surface area contributed by atoms with E-state index >= 15 is 0 Å². The molecule has 1 N–H and O–H groups in total. The summed E-state index contributed by atoms with van der Waals surface area (Å²) >= 11 is 0. The zero-order chi connectivity index (χ0) is 15.4. The topological polar surface area (TPSA) is 41.6 Å². The van der Waals surface area contributed by atoms with Crippen molar-refractivity contribution in [1.29, 1.82) is 0 Å². The summed E-state index contributed by atoms with van der Waals surface area (Å²) in [7, 11) is 0. The van der Waals surface area contributed by atoms with E-state index in [0.717, 1.165) is 24.4 Å². The van der Waals surface area contributed by atoms with E-state index in [0.29, 0.717) is 19.1 Å². The molecule has 1 heterocycles. The number of rotatable bonds is 4. The number of ether oxygens (including phenoxy) is 1. The molecule has 0 radical (unpaired) electrons. The first kappa shape index (κ1) is 18.8. The third-order valence-corrected chi connectivity index (χ3v) is 4.48. The number of aryl methyl sites for hydroxylation is 1. The standard InChI is InChI=1S/C17H26N2O2.ClH/c1-12-6-5-7-16(13(12)2)21-11-8-17(20)19-10-9-18-14(3)15(19)4;/h5-7,14-15,18H,8-11H2,1-4H3;1H. The molecule has 0 saturated carbocycles. The van der Waals surface area contributed by atoms with Crippen molar-refractivity contribution in [3.63, 3.8) is 0 Å². The number of hydrogen-bond acceptors (Lipinski definition) is 3. The normalized spacial score (nSPS) is 21.2. The Morgan fingerprint density at radius 3 is 2.82 bits per heavy atom. The van der Waals surface area contributed by atoms with Crippen LogP contribution in [0.3, 0.4) is 0 Å². The number of amides is 1. The molecule has 22 heavy (non-hydrogen) atoms. The van der Waals surface area contributed by atoms with Gasteiger partial charge in [0.2, 0.25) is 5.91 Å². The molecule has 0 aliphatic carbocycles. The highest BCUT2D eigenvalue weighted by atomic mass is 35.5. The summed E-state index contributed by atoms with van der Waals surface area (Å²) < 4.78 is 5.78. The predicted octanol–water partition coefficient (Wildman–Crippen LogP) is 2.70. The van der Waals surface area contributed by atoms with Crippen LogP contribution in [0.2, 0.25) is 0 Å². The summed E-state index contributed by atoms with van der Waals surface area (Å²) in [6.45, 7) is 10.4. The third kappa shape index (κ3) is 4.37. The smallest absolute Gasteiger partial charge is 0.226 e. The van der Waals surface area contributed by atoms with Crippen molar-refractivity contribution < 1.29 is 9.53 Å². The minimum absolute atomic E-state index is 0. The van der Waals surface area contributed by atoms with Crippen molar-refractivity contribution in [3.05, 3.63) is 29.3 Å². The number of benzene rings is 1. The molecule has 1 aromatic carbocycles. The Bertz CT molecular complexity index is 507. The Hall–Kier alpha value is -1.26. The maximum Gasteiger partial charge on any atom is 0.226 e. The van der Waals surface area contributed by atoms with Crippen LogP contribution >= 0.6 is 12.4 Å². The Labute approximate surface area is 139 Å². The lowest BCUT2D eigenvalue weighted by Gasteiger charge is -2.38. The fourth-order valence-electron chi connectivity index (χ4n) is 2.68. The molecule has 1 aliphatic heterocycles. The van der Waals surface area contributed by atoms with Gasteiger partial charge in [-0.1, -0.05) is 12.1 Å². The van der Waals surface area contributed by atoms with Crippen molar-refractivity contribution in [2.24, 2.45) is 0 Å². The molecule has 2 unspecified atom stereocenters. The highest BCUT2D eigenvalue weighted by molar-refractivity contribution is 5.85. The summed E-state index contributed by atoms with van der Waals surface area (Å²) in [4.78, 5) is 14.3. The number of nitrogens with one attached hydrogen (secondary N) is 1. The van der Waals surface area contributed by atoms with E-state index in [9.17, 15) is 4.79 Å². The number of piperazine rings is 1. The second-order valence-electron chi connectivity index (χ2n) is 5.87. The Morgan fingerprint density at radius 2 is 2.09 bits per heavy atom. The molecule has 0 aromatic heterocycles. The SMILES string of the molecule is Cc1cccc(OCCC(=O)N2CCNC(C)C2C)c1C.Cl. The molecule has 1 amide bonds. The van der Waals surface area contributed by atoms with Crippen LogP contribution in [0.1, 0.15) is 31.4 Å². The van der Waals surface area contributed by atoms with Crippen LogP contribution in [0.25, 0.3) is 0 Å². The van der Waals surface area contributed by atoms with Gasteiger partial charge in [0.25, 0.3) is 0 Å². The minimum Gasteiger partial charge on any atom is -0.493 e. The van der Waals surface area contributed by atoms with Gasteiger partial charge in [-0.25, -0.2) is 0 Å². The van der Waals surface area contributed by atoms with Gasteiger partial charge < -0.3 is 15.0 Å². The third-order valence-electron chi connectivity index (χ3n) is 4.48. The molecule has 1 aromatic rings. The highest BCUT2D eigenvalue weighted by Gasteiger charge is 2.27. The summed E-state index contributed by atoms with van der Waals surface area (Å²) in [5, 5.41) is 3.39. The predicted molar refractivity (Wildman–Crippen MR) is 91.9 cm³/mol. The largest absolute Gasteiger partial charge is 0.493 e. The summed E-state index contributed by atoms with van der Waals surface area (Å²) in [5.41, 5.74) is 2.36. The average molecular weight is 327 g/mol. The zero-order valence-electron chi connectivity index (χ0n) is 13.9. The van der Waals surface area contributed by atoms with Crippen LogP contribution in [0.5, 0.6) is 5.75 Å². The second-order valence-corrected chi connectivity index (χ2v) is 5.87. The van der Waals surface area contributed by atoms with E-state index < -0.39 is 0 Å². The zero-order valence-corrected chi connectivity index (χ0v) is 14.7. The van der Waals surface area contributed by atoms with Crippen molar-refractivity contribution >= 4 is 18.3 Å². The molecule has 4 nitrogen and oxygen atoms in total. The molecule has 2 atom stereocenters. The molecule has 2 rings (SSSR count). The fourth-order valence-corrected chi connectivity index (χ4v) is 2.68. The lowest BCUT2D eigenvalue weighted by Crippen LogP contribution is -2.57. The van der Waals surface area contributed by atoms with Crippen molar-refractivity contribution in [2.45, 2.75) is 46.2 Å². The second kappa shape index (κ2) is 8.39. The molecular formula is C17H27ClN2O2. The summed E-state index contributed by atoms with van der Waals surface area (Å²) in [6, 6.07) is 6.61. The van der Waals surface area contributed by atoms with Crippen molar-refractivity contribution in [1.82, 2.24) is 10.2 Å². The minimum atomic E-state index is 0. The van der Waals surface area contributed by atoms with Crippen LogP contribution in [0.15, 0.2) is 18.2 Å². The number of carbonyl (C=O) groups excluding carboxylic acids is 1. The van der Waals surface area contributed by atoms with Gasteiger partial charge in [-0.3, -0.25) is 4.79 Å². The van der Waals surface area contributed by atoms with Crippen LogP contribution in [0, 0.1) is 13.8 Å². The van der Waals surface area contributed by atoms with Gasteiger partial charge in [0, 0.05) is 25.2 Å². The number of halogens is 1. The fraction of sp³-hybridized carbons (Fsp3) is 0.588. The van der Waals surface area contributed by atoms with Crippen LogP contribution in [-0.2, 0) is 4.79 Å². The monoisotopic (exact) mass is 326 g/mol. The first-order valence-electron chi connectivity index (χ1n) is 7.72. The highest BCUT2D eigenvalue weighted by Crippen LogP contribution is 2.20. The van der Waals surface area contributed by atoms with Gasteiger partial charge in [0.15, 0.2) is 0 Å². The first-order chi connectivity index (χ1) is 10.0. The van der Waals surface area contributed by atoms with Crippen molar-refractivity contribution in [3.8, 4) is 5.75 Å². The van der Waals surface area contributed by atoms with E-state index in [4.69, 9.17) is 4.74 Å². The van der Waals surface area contributed by atoms with E-state index in [2.05, 4.69) is 32.2 Å². The lowest BCUT2D eigenvalue weighted by molar-refractivity contribution is -0.135. The Morgan fingerprint density at radius 1 is 1.36 bits per heavy atom. The van der Waals surface area contributed by atoms with Gasteiger partial charge in [0.05, 0.1) is 13.0 Å². The van der Waals surface area contributed by atoms with E-state index in [1.165, 1.54) is 5.56 Å². The number of nitrogens with zero attached hydrogens (tertiary/aromatic N) is 1. The lowest BCUT2D eigenvalue weighted by atomic mass is 10.1. The quantitative estimate of drug-likeness (QED) is 0.925. The van der Waals surface area contributed by atoms with Gasteiger partial charge in [-0.15, -0.1) is 12.4 Å². The molecule has 5 heteroatoms. The van der Waals surface area contributed by atoms with E-state index in [-0.39, 0.29) is 24.4 Å². The van der Waals surface area contributed by atoms with Gasteiger partial charge in [0.1, 0.15) is 5.75 Å². The molecule has 1 aliphatic rings. The molecular weight excluding hydrogens is 300 g/mol. The summed E-state index contributed by atoms with van der Waals surface area (Å²) in [5.74, 6) is 1.06. The Balaban J connectivity index is 0.00000242. The first-order valence-corrected chi connectivity index (χ1v) is 7.72. The molecule has 1 fully saturated rings. The van der Waals surface area contributed by atoms with E-state index in [1.807, 2.05) is 24.0 Å². The maximum atomic E-state index is 12.3. The van der Waals surface area contributed by atoms with Gasteiger partial charge in [-0.05, 0) is 44.9 Å². The van der Waals surface area contributed by atoms with Gasteiger partial charge >= 0.3 is 0 Å². The molecule has 1 saturated heterocycles. The van der Waals surface area contributed by atoms with Crippen LogP contribution in [0.4, 0.5) is 0 Å². The average Bonchev–Trinajstić information content (AvgIpc) is 2.46. The van der Waals surface area contributed by atoms with Crippen molar-refractivity contribution in [2.75, 3.05) is 19.7 Å². The van der Waals surface area contributed by atoms with Crippen LogP contribution in [-0.4, -0.2) is 42.6 Å². The molecule has 124 valence electrons. The maximum absolute atomic E-state index is 12.3. The van der Waals surface area contributed by atoms with E-state index in [1.54, 1.807) is 0 Å². The number of carbonyl (C=O) groups is 1. The Kier molecular flexibility index (Phi) is 7.17. The number of hydrogen-bond donors (Lipinski definition) is 1. The molecule has 0 spiro atoms.